The van der Waals surface area contributed by atoms with Crippen LogP contribution in [0.3, 0.4) is 0 Å². The number of amides is 3. The van der Waals surface area contributed by atoms with Gasteiger partial charge in [-0.1, -0.05) is 25.0 Å². The number of fused-ring (bicyclic) bond motifs is 2. The first-order valence-corrected chi connectivity index (χ1v) is 13.0. The van der Waals surface area contributed by atoms with Gasteiger partial charge in [-0.15, -0.1) is 0 Å². The van der Waals surface area contributed by atoms with Crippen LogP contribution in [0.15, 0.2) is 12.2 Å². The van der Waals surface area contributed by atoms with Crippen LogP contribution in [0.2, 0.25) is 0 Å². The lowest BCUT2D eigenvalue weighted by Crippen LogP contribution is -2.57. The number of aliphatic hydroxyl groups is 1. The minimum atomic E-state index is -3.78. The Hall–Kier alpha value is -1.98. The van der Waals surface area contributed by atoms with Crippen LogP contribution in [-0.4, -0.2) is 73.1 Å². The number of nitrogens with one attached hydrogen (secondary N) is 2. The van der Waals surface area contributed by atoms with E-state index in [0.717, 1.165) is 25.7 Å². The number of allylic oxidation sites excluding steroid dienone is 1. The van der Waals surface area contributed by atoms with Gasteiger partial charge < -0.3 is 21.1 Å². The number of hydrogen-bond donors (Lipinski definition) is 4. The maximum absolute atomic E-state index is 13.3. The number of carbonyl (C=O) groups excluding carboxylic acids is 3. The second kappa shape index (κ2) is 8.75. The Morgan fingerprint density at radius 3 is 2.78 bits per heavy atom. The Morgan fingerprint density at radius 1 is 1.28 bits per heavy atom. The highest BCUT2D eigenvalue weighted by molar-refractivity contribution is 7.91. The first kappa shape index (κ1) is 21.8. The quantitative estimate of drug-likeness (QED) is 0.395. The molecule has 0 bridgehead atoms. The van der Waals surface area contributed by atoms with Crippen molar-refractivity contribution in [3.05, 3.63) is 12.2 Å². The zero-order valence-corrected chi connectivity index (χ0v) is 18.8. The van der Waals surface area contributed by atoms with Crippen LogP contribution in [0.1, 0.15) is 57.8 Å². The average molecular weight is 471 g/mol. The first-order chi connectivity index (χ1) is 15.7. The van der Waals surface area contributed by atoms with Gasteiger partial charge >= 0.3 is 0 Å². The number of nitrogens with two attached hydrogens (primary N) is 1. The van der Waals surface area contributed by atoms with E-state index in [-0.39, 0.29) is 31.2 Å². The van der Waals surface area contributed by atoms with Crippen LogP contribution in [0, 0.1) is 5.92 Å². The minimum Gasteiger partial charge on any atom is -0.391 e. The lowest BCUT2D eigenvalue weighted by Gasteiger charge is -2.28. The van der Waals surface area contributed by atoms with Gasteiger partial charge in [0.15, 0.2) is 0 Å². The molecule has 1 saturated heterocycles. The maximum Gasteiger partial charge on any atom is 0.259 e. The molecule has 3 fully saturated rings. The summed E-state index contributed by atoms with van der Waals surface area (Å²) in [6.45, 7) is 0.0622. The number of rotatable bonds is 4. The van der Waals surface area contributed by atoms with Crippen molar-refractivity contribution < 1.29 is 27.9 Å². The molecule has 5 atom stereocenters. The fourth-order valence-electron chi connectivity index (χ4n) is 4.66. The minimum absolute atomic E-state index is 0.0622. The number of hydrogen-bond acceptors (Lipinski definition) is 7. The van der Waals surface area contributed by atoms with Crippen molar-refractivity contribution in [2.75, 3.05) is 6.54 Å². The second-order valence-electron chi connectivity index (χ2n) is 9.48. The van der Waals surface area contributed by atoms with E-state index in [1.54, 1.807) is 0 Å². The van der Waals surface area contributed by atoms with Gasteiger partial charge in [0.2, 0.25) is 23.3 Å². The highest BCUT2D eigenvalue weighted by atomic mass is 32.2. The van der Waals surface area contributed by atoms with Gasteiger partial charge in [0.1, 0.15) is 11.6 Å². The molecule has 11 heteroatoms. The summed E-state index contributed by atoms with van der Waals surface area (Å²) >= 11 is 0. The molecule has 3 amide bonds. The molecule has 4 aliphatic rings. The number of sulfonamides is 1. The Morgan fingerprint density at radius 2 is 2.06 bits per heavy atom. The Bertz CT molecular complexity index is 939. The summed E-state index contributed by atoms with van der Waals surface area (Å²) in [5.41, 5.74) is 4.72. The molecule has 2 aliphatic carbocycles. The van der Waals surface area contributed by atoms with Crippen LogP contribution in [-0.2, 0) is 24.4 Å². The van der Waals surface area contributed by atoms with Crippen molar-refractivity contribution in [1.29, 1.82) is 1.43 Å². The Kier molecular flexibility index (Phi) is 5.98. The molecule has 5 N–H and O–H groups in total. The predicted octanol–water partition coefficient (Wildman–Crippen LogP) is -0.721. The molecule has 0 radical (unpaired) electrons. The Balaban J connectivity index is 1.58. The third kappa shape index (κ3) is 4.69. The van der Waals surface area contributed by atoms with Crippen molar-refractivity contribution in [2.24, 2.45) is 11.7 Å². The molecule has 0 aromatic heterocycles. The third-order valence-corrected chi connectivity index (χ3v) is 8.70. The first-order valence-electron chi connectivity index (χ1n) is 11.8. The molecule has 4 rings (SSSR count). The smallest absolute Gasteiger partial charge is 0.259 e. The van der Waals surface area contributed by atoms with Crippen molar-refractivity contribution in [3.8, 4) is 0 Å². The topological polar surface area (TPSA) is 159 Å². The summed E-state index contributed by atoms with van der Waals surface area (Å²) in [6, 6.07) is -1.71. The van der Waals surface area contributed by atoms with Crippen LogP contribution in [0.25, 0.3) is 0 Å². The molecule has 0 spiro atoms. The van der Waals surface area contributed by atoms with Crippen LogP contribution < -0.4 is 15.8 Å². The van der Waals surface area contributed by atoms with E-state index in [1.807, 2.05) is 12.2 Å². The summed E-state index contributed by atoms with van der Waals surface area (Å²) in [5.74, 6) is -2.04. The van der Waals surface area contributed by atoms with Crippen LogP contribution in [0.4, 0.5) is 0 Å². The van der Waals surface area contributed by atoms with E-state index >= 15 is 0 Å². The van der Waals surface area contributed by atoms with Gasteiger partial charge in [-0.05, 0) is 38.5 Å². The molecular weight excluding hydrogens is 436 g/mol. The normalized spacial score (nSPS) is 37.8. The van der Waals surface area contributed by atoms with Crippen molar-refractivity contribution >= 4 is 27.7 Å². The van der Waals surface area contributed by atoms with Gasteiger partial charge in [-0.2, -0.15) is 0 Å². The van der Waals surface area contributed by atoms with Crippen molar-refractivity contribution in [1.82, 2.24) is 14.9 Å². The molecule has 10 nitrogen and oxygen atoms in total. The summed E-state index contributed by atoms with van der Waals surface area (Å²) in [5, 5.41) is 6.84. The summed E-state index contributed by atoms with van der Waals surface area (Å²) in [7, 11) is -3.78. The lowest BCUT2D eigenvalue weighted by atomic mass is 10.1. The highest BCUT2D eigenvalue weighted by Crippen LogP contribution is 2.46. The van der Waals surface area contributed by atoms with E-state index in [9.17, 15) is 22.8 Å². The lowest BCUT2D eigenvalue weighted by molar-refractivity contribution is -0.140. The molecule has 32 heavy (non-hydrogen) atoms. The predicted molar refractivity (Wildman–Crippen MR) is 115 cm³/mol. The van der Waals surface area contributed by atoms with E-state index in [4.69, 9.17) is 7.16 Å². The number of aliphatic hydroxyl groups excluding tert-OH is 1. The van der Waals surface area contributed by atoms with E-state index in [2.05, 4.69) is 15.1 Å². The van der Waals surface area contributed by atoms with E-state index < -0.39 is 50.8 Å². The summed E-state index contributed by atoms with van der Waals surface area (Å²) in [6.07, 6.45) is 8.42. The largest absolute Gasteiger partial charge is 0.391 e. The highest BCUT2D eigenvalue weighted by Gasteiger charge is 2.62. The zero-order valence-electron chi connectivity index (χ0n) is 19.0. The third-order valence-electron chi connectivity index (χ3n) is 6.88. The SMILES string of the molecule is [3H]O[C@@H]1C[C@H]2C(=O)N[C@]3(C(=O)NS(=O)(=O)C4CC4)C[C@H]3/C=C\CCCCC[C@H](N)C(=O)N2C1. The molecule has 0 aromatic carbocycles. The second-order valence-corrected chi connectivity index (χ2v) is 11.4. The molecular formula is C21H32N4O6S. The molecule has 2 aliphatic heterocycles. The fraction of sp³-hybridized carbons (Fsp3) is 0.762. The number of nitrogens with zero attached hydrogens (tertiary/aromatic N) is 1. The van der Waals surface area contributed by atoms with Gasteiger partial charge in [0, 0.05) is 18.9 Å². The van der Waals surface area contributed by atoms with Crippen LogP contribution >= 0.6 is 0 Å². The standard InChI is InChI=1S/C21H32N4O6S/c22-16-7-5-3-1-2-4-6-13-11-21(13,20(29)24-32(30,31)15-8-9-15)23-18(27)17-10-14(26)12-25(17)19(16)28/h4,6,13-17,26H,1-3,5,7-12,22H2,(H,23,27)(H,24,29)/b6-4-/t13-,14-,16+,17+,21-/m1/s1/i26T. The maximum atomic E-state index is 13.3. The Labute approximate surface area is 189 Å². The van der Waals surface area contributed by atoms with Crippen molar-refractivity contribution in [3.63, 3.8) is 0 Å². The summed E-state index contributed by atoms with van der Waals surface area (Å²) in [4.78, 5) is 40.7. The van der Waals surface area contributed by atoms with Gasteiger partial charge in [-0.3, -0.25) is 19.1 Å². The van der Waals surface area contributed by atoms with Gasteiger partial charge in [-0.25, -0.2) is 8.42 Å². The molecule has 178 valence electrons. The van der Waals surface area contributed by atoms with E-state index in [1.165, 1.54) is 4.90 Å². The molecule has 0 aromatic rings. The monoisotopic (exact) mass is 470 g/mol. The summed E-state index contributed by atoms with van der Waals surface area (Å²) < 4.78 is 34.1. The molecule has 2 saturated carbocycles. The van der Waals surface area contributed by atoms with Crippen molar-refractivity contribution in [2.45, 2.75) is 86.8 Å². The van der Waals surface area contributed by atoms with E-state index in [0.29, 0.717) is 19.3 Å². The van der Waals surface area contributed by atoms with Crippen LogP contribution in [0.5, 0.6) is 0 Å². The number of carbonyl (C=O) groups is 3. The molecule has 0 unspecified atom stereocenters. The fourth-order valence-corrected chi connectivity index (χ4v) is 6.02. The zero-order chi connectivity index (χ0) is 23.8. The van der Waals surface area contributed by atoms with Gasteiger partial charge in [0.05, 0.1) is 17.4 Å². The van der Waals surface area contributed by atoms with Gasteiger partial charge in [0.25, 0.3) is 5.91 Å². The average Bonchev–Trinajstić information content (AvgIpc) is 3.68. The molecule has 2 heterocycles.